The molecule has 25 heavy (non-hydrogen) atoms. The molecule has 1 amide bonds. The molecule has 0 aliphatic heterocycles. The number of anilines is 1. The van der Waals surface area contributed by atoms with Crippen LogP contribution in [0.4, 0.5) is 5.69 Å². The van der Waals surface area contributed by atoms with Crippen molar-refractivity contribution in [2.45, 2.75) is 0 Å². The molecule has 2 rings (SSSR count). The minimum absolute atomic E-state index is 0.0528. The average molecular weight is 342 g/mol. The lowest BCUT2D eigenvalue weighted by molar-refractivity contribution is -0.119. The first kappa shape index (κ1) is 18.3. The summed E-state index contributed by atoms with van der Waals surface area (Å²) in [6.45, 7) is 0.844. The van der Waals surface area contributed by atoms with Gasteiger partial charge in [-0.15, -0.1) is 0 Å². The molecule has 0 heterocycles. The maximum absolute atomic E-state index is 11.6. The molecule has 0 fully saturated rings. The number of aliphatic imine (C=N–C) groups is 1. The molecular formula is C18H22N4O3. The third kappa shape index (κ3) is 6.92. The summed E-state index contributed by atoms with van der Waals surface area (Å²) in [5.41, 5.74) is 6.52. The van der Waals surface area contributed by atoms with Gasteiger partial charge in [-0.1, -0.05) is 24.3 Å². The molecule has 0 radical (unpaired) electrons. The van der Waals surface area contributed by atoms with Crippen molar-refractivity contribution in [3.05, 3.63) is 54.6 Å². The minimum Gasteiger partial charge on any atom is -0.457 e. The van der Waals surface area contributed by atoms with Gasteiger partial charge in [-0.25, -0.2) is 4.99 Å². The molecule has 0 atom stereocenters. The highest BCUT2D eigenvalue weighted by atomic mass is 16.5. The summed E-state index contributed by atoms with van der Waals surface area (Å²) in [7, 11) is 1.57. The van der Waals surface area contributed by atoms with Crippen LogP contribution in [0.25, 0.3) is 0 Å². The van der Waals surface area contributed by atoms with Crippen molar-refractivity contribution in [3.63, 3.8) is 0 Å². The van der Waals surface area contributed by atoms with Gasteiger partial charge in [0.15, 0.2) is 5.96 Å². The van der Waals surface area contributed by atoms with E-state index in [4.69, 9.17) is 15.2 Å². The van der Waals surface area contributed by atoms with E-state index in [2.05, 4.69) is 15.6 Å². The van der Waals surface area contributed by atoms with Crippen LogP contribution in [-0.4, -0.2) is 38.7 Å². The van der Waals surface area contributed by atoms with Gasteiger partial charge in [0.25, 0.3) is 0 Å². The fourth-order valence-electron chi connectivity index (χ4n) is 1.95. The van der Waals surface area contributed by atoms with Crippen LogP contribution in [0.1, 0.15) is 0 Å². The number of benzene rings is 2. The maximum atomic E-state index is 11.6. The molecule has 0 saturated heterocycles. The fraction of sp³-hybridized carbons (Fsp3) is 0.222. The lowest BCUT2D eigenvalue weighted by Gasteiger charge is -2.09. The van der Waals surface area contributed by atoms with E-state index in [9.17, 15) is 4.79 Å². The number of hydrogen-bond donors (Lipinski definition) is 3. The van der Waals surface area contributed by atoms with Crippen molar-refractivity contribution >= 4 is 17.6 Å². The molecule has 0 bridgehead atoms. The Labute approximate surface area is 146 Å². The Morgan fingerprint density at radius 2 is 1.88 bits per heavy atom. The van der Waals surface area contributed by atoms with Gasteiger partial charge in [0, 0.05) is 25.4 Å². The predicted molar refractivity (Wildman–Crippen MR) is 98.0 cm³/mol. The molecule has 2 aromatic rings. The Bertz CT molecular complexity index is 704. The molecule has 0 aliphatic carbocycles. The summed E-state index contributed by atoms with van der Waals surface area (Å²) in [5, 5.41) is 5.60. The summed E-state index contributed by atoms with van der Waals surface area (Å²) >= 11 is 0. The number of nitrogens with two attached hydrogens (primary N) is 1. The first-order valence-corrected chi connectivity index (χ1v) is 7.83. The number of rotatable bonds is 8. The zero-order valence-corrected chi connectivity index (χ0v) is 14.1. The summed E-state index contributed by atoms with van der Waals surface area (Å²) in [6.07, 6.45) is 0. The second kappa shape index (κ2) is 9.94. The normalized spacial score (nSPS) is 11.0. The van der Waals surface area contributed by atoms with Gasteiger partial charge in [-0.3, -0.25) is 4.79 Å². The van der Waals surface area contributed by atoms with Crippen molar-refractivity contribution in [3.8, 4) is 11.5 Å². The van der Waals surface area contributed by atoms with Crippen LogP contribution in [0, 0.1) is 0 Å². The molecule has 0 saturated carbocycles. The highest BCUT2D eigenvalue weighted by Gasteiger charge is 2.02. The van der Waals surface area contributed by atoms with Crippen molar-refractivity contribution in [2.24, 2.45) is 10.7 Å². The number of ether oxygens (including phenoxy) is 2. The first-order chi connectivity index (χ1) is 12.2. The first-order valence-electron chi connectivity index (χ1n) is 7.83. The highest BCUT2D eigenvalue weighted by Crippen LogP contribution is 2.23. The number of methoxy groups -OCH3 is 1. The molecule has 0 aliphatic rings. The number of nitrogens with one attached hydrogen (secondary N) is 2. The van der Waals surface area contributed by atoms with Gasteiger partial charge in [0.1, 0.15) is 18.0 Å². The van der Waals surface area contributed by atoms with Crippen LogP contribution in [0.2, 0.25) is 0 Å². The Morgan fingerprint density at radius 1 is 1.12 bits per heavy atom. The largest absolute Gasteiger partial charge is 0.457 e. The summed E-state index contributed by atoms with van der Waals surface area (Å²) < 4.78 is 10.6. The molecule has 7 heteroatoms. The van der Waals surface area contributed by atoms with Crippen molar-refractivity contribution < 1.29 is 14.3 Å². The summed E-state index contributed by atoms with van der Waals surface area (Å²) in [4.78, 5) is 15.6. The summed E-state index contributed by atoms with van der Waals surface area (Å²) in [5.74, 6) is 1.34. The molecule has 4 N–H and O–H groups in total. The van der Waals surface area contributed by atoms with Crippen LogP contribution >= 0.6 is 0 Å². The van der Waals surface area contributed by atoms with E-state index in [1.54, 1.807) is 13.2 Å². The zero-order chi connectivity index (χ0) is 17.9. The van der Waals surface area contributed by atoms with Crippen LogP contribution in [0.5, 0.6) is 11.5 Å². The van der Waals surface area contributed by atoms with Crippen LogP contribution in [-0.2, 0) is 9.53 Å². The molecule has 132 valence electrons. The molecule has 2 aromatic carbocycles. The third-order valence-electron chi connectivity index (χ3n) is 3.11. The van der Waals surface area contributed by atoms with Gasteiger partial charge >= 0.3 is 0 Å². The fourth-order valence-corrected chi connectivity index (χ4v) is 1.95. The molecule has 7 nitrogen and oxygen atoms in total. The monoisotopic (exact) mass is 342 g/mol. The molecule has 0 unspecified atom stereocenters. The van der Waals surface area contributed by atoms with Crippen molar-refractivity contribution in [1.82, 2.24) is 5.32 Å². The minimum atomic E-state index is -0.219. The number of carbonyl (C=O) groups excluding carboxylic acids is 1. The Morgan fingerprint density at radius 3 is 2.64 bits per heavy atom. The van der Waals surface area contributed by atoms with Crippen LogP contribution in [0.3, 0.4) is 0 Å². The quantitative estimate of drug-likeness (QED) is 0.387. The van der Waals surface area contributed by atoms with E-state index in [1.165, 1.54) is 0 Å². The summed E-state index contributed by atoms with van der Waals surface area (Å²) in [6, 6.07) is 16.8. The lowest BCUT2D eigenvalue weighted by Crippen LogP contribution is -2.31. The second-order valence-corrected chi connectivity index (χ2v) is 5.11. The van der Waals surface area contributed by atoms with Crippen LogP contribution in [0.15, 0.2) is 59.6 Å². The van der Waals surface area contributed by atoms with E-state index in [1.807, 2.05) is 48.5 Å². The molecule has 0 spiro atoms. The zero-order valence-electron chi connectivity index (χ0n) is 14.1. The Kier molecular flexibility index (Phi) is 7.27. The number of hydrogen-bond acceptors (Lipinski definition) is 4. The van der Waals surface area contributed by atoms with Gasteiger partial charge in [0.2, 0.25) is 5.91 Å². The SMILES string of the molecule is COCCNC(=O)CN=C(N)Nc1cccc(Oc2ccccc2)c1. The van der Waals surface area contributed by atoms with Gasteiger partial charge in [-0.05, 0) is 24.3 Å². The van der Waals surface area contributed by atoms with Gasteiger partial charge in [-0.2, -0.15) is 0 Å². The highest BCUT2D eigenvalue weighted by molar-refractivity contribution is 5.94. The molecule has 0 aromatic heterocycles. The number of guanidine groups is 1. The lowest BCUT2D eigenvalue weighted by atomic mass is 10.3. The maximum Gasteiger partial charge on any atom is 0.241 e. The smallest absolute Gasteiger partial charge is 0.241 e. The Balaban J connectivity index is 1.88. The second-order valence-electron chi connectivity index (χ2n) is 5.11. The third-order valence-corrected chi connectivity index (χ3v) is 3.11. The Hall–Kier alpha value is -3.06. The number of amides is 1. The van der Waals surface area contributed by atoms with E-state index < -0.39 is 0 Å². The van der Waals surface area contributed by atoms with E-state index in [0.29, 0.717) is 18.9 Å². The molecular weight excluding hydrogens is 320 g/mol. The van der Waals surface area contributed by atoms with E-state index >= 15 is 0 Å². The van der Waals surface area contributed by atoms with Gasteiger partial charge in [0.05, 0.1) is 6.61 Å². The number of para-hydroxylation sites is 1. The van der Waals surface area contributed by atoms with E-state index in [-0.39, 0.29) is 18.4 Å². The number of nitrogens with zero attached hydrogens (tertiary/aromatic N) is 1. The van der Waals surface area contributed by atoms with E-state index in [0.717, 1.165) is 11.4 Å². The van der Waals surface area contributed by atoms with Crippen molar-refractivity contribution in [2.75, 3.05) is 32.1 Å². The number of carbonyl (C=O) groups is 1. The van der Waals surface area contributed by atoms with Crippen molar-refractivity contribution in [1.29, 1.82) is 0 Å². The van der Waals surface area contributed by atoms with Gasteiger partial charge < -0.3 is 25.8 Å². The topological polar surface area (TPSA) is 98.0 Å². The van der Waals surface area contributed by atoms with Crippen LogP contribution < -0.4 is 21.1 Å². The average Bonchev–Trinajstić information content (AvgIpc) is 2.61. The standard InChI is InChI=1S/C18H22N4O3/c1-24-11-10-20-17(23)13-21-18(19)22-14-6-5-9-16(12-14)25-15-7-3-2-4-8-15/h2-9,12H,10-11,13H2,1H3,(H,20,23)(H3,19,21,22). The predicted octanol–water partition coefficient (Wildman–Crippen LogP) is 1.97.